The van der Waals surface area contributed by atoms with Gasteiger partial charge in [-0.2, -0.15) is 0 Å². The molecule has 0 aliphatic rings. The van der Waals surface area contributed by atoms with Gasteiger partial charge in [-0.05, 0) is 25.5 Å². The lowest BCUT2D eigenvalue weighted by molar-refractivity contribution is 0.190. The average molecular weight is 170 g/mol. The van der Waals surface area contributed by atoms with Crippen molar-refractivity contribution in [2.75, 3.05) is 6.86 Å². The highest BCUT2D eigenvalue weighted by Crippen LogP contribution is 2.29. The second kappa shape index (κ2) is 3.43. The second-order valence-corrected chi connectivity index (χ2v) is 2.61. The van der Waals surface area contributed by atoms with Crippen molar-refractivity contribution in [2.24, 2.45) is 0 Å². The summed E-state index contributed by atoms with van der Waals surface area (Å²) in [6.45, 7) is 2.60. The number of alkyl halides is 1. The van der Waals surface area contributed by atoms with E-state index in [1.54, 1.807) is 26.0 Å². The fourth-order valence-corrected chi connectivity index (χ4v) is 1.03. The molecule has 0 bridgehead atoms. The fraction of sp³-hybridized carbons (Fsp3) is 0.333. The van der Waals surface area contributed by atoms with E-state index in [2.05, 4.69) is 4.74 Å². The van der Waals surface area contributed by atoms with Crippen LogP contribution in [0.3, 0.4) is 0 Å². The maximum absolute atomic E-state index is 11.8. The first-order chi connectivity index (χ1) is 5.66. The number of halogens is 1. The van der Waals surface area contributed by atoms with Gasteiger partial charge in [0.15, 0.2) is 0 Å². The van der Waals surface area contributed by atoms with E-state index >= 15 is 0 Å². The van der Waals surface area contributed by atoms with Crippen LogP contribution in [-0.4, -0.2) is 12.0 Å². The maximum Gasteiger partial charge on any atom is 0.228 e. The largest absolute Gasteiger partial charge is 0.507 e. The van der Waals surface area contributed by atoms with Gasteiger partial charge in [0.2, 0.25) is 6.86 Å². The maximum atomic E-state index is 11.8. The van der Waals surface area contributed by atoms with Gasteiger partial charge in [-0.15, -0.1) is 0 Å². The van der Waals surface area contributed by atoms with Crippen molar-refractivity contribution in [3.63, 3.8) is 0 Å². The highest BCUT2D eigenvalue weighted by atomic mass is 19.1. The van der Waals surface area contributed by atoms with Gasteiger partial charge in [0, 0.05) is 5.56 Å². The van der Waals surface area contributed by atoms with Crippen molar-refractivity contribution in [3.8, 4) is 11.5 Å². The minimum absolute atomic E-state index is 0.168. The molecular formula is C9H11FO2. The summed E-state index contributed by atoms with van der Waals surface area (Å²) in [7, 11) is 0. The van der Waals surface area contributed by atoms with Crippen LogP contribution in [0.1, 0.15) is 11.1 Å². The first kappa shape index (κ1) is 8.84. The summed E-state index contributed by atoms with van der Waals surface area (Å²) in [5.74, 6) is 0.557. The van der Waals surface area contributed by atoms with E-state index in [-0.39, 0.29) is 5.75 Å². The molecule has 0 aliphatic heterocycles. The number of aryl methyl sites for hydroxylation is 1. The van der Waals surface area contributed by atoms with E-state index in [1.165, 1.54) is 0 Å². The molecule has 1 aromatic carbocycles. The molecule has 0 amide bonds. The first-order valence-corrected chi connectivity index (χ1v) is 3.64. The van der Waals surface area contributed by atoms with E-state index in [0.29, 0.717) is 11.3 Å². The number of ether oxygens (including phenoxy) is 1. The third-order valence-electron chi connectivity index (χ3n) is 1.79. The van der Waals surface area contributed by atoms with Gasteiger partial charge >= 0.3 is 0 Å². The standard InChI is InChI=1S/C9H11FO2/c1-6-3-4-8(12-5-10)7(2)9(6)11/h3-4,11H,5H2,1-2H3. The van der Waals surface area contributed by atoms with Crippen molar-refractivity contribution in [2.45, 2.75) is 13.8 Å². The van der Waals surface area contributed by atoms with Crippen LogP contribution in [0.25, 0.3) is 0 Å². The summed E-state index contributed by atoms with van der Waals surface area (Å²) < 4.78 is 16.4. The van der Waals surface area contributed by atoms with Gasteiger partial charge in [-0.1, -0.05) is 6.07 Å². The molecule has 1 aromatic rings. The molecule has 0 heterocycles. The molecule has 0 saturated carbocycles. The molecule has 66 valence electrons. The molecular weight excluding hydrogens is 159 g/mol. The summed E-state index contributed by atoms with van der Waals surface area (Å²) >= 11 is 0. The molecule has 3 heteroatoms. The van der Waals surface area contributed by atoms with Crippen LogP contribution in [-0.2, 0) is 0 Å². The third-order valence-corrected chi connectivity index (χ3v) is 1.79. The molecule has 0 saturated heterocycles. The zero-order valence-corrected chi connectivity index (χ0v) is 7.10. The van der Waals surface area contributed by atoms with Crippen molar-refractivity contribution < 1.29 is 14.2 Å². The van der Waals surface area contributed by atoms with Crippen molar-refractivity contribution in [3.05, 3.63) is 23.3 Å². The smallest absolute Gasteiger partial charge is 0.228 e. The highest BCUT2D eigenvalue weighted by Gasteiger charge is 2.06. The lowest BCUT2D eigenvalue weighted by atomic mass is 10.1. The molecule has 0 unspecified atom stereocenters. The molecule has 1 rings (SSSR count). The van der Waals surface area contributed by atoms with Gasteiger partial charge < -0.3 is 9.84 Å². The first-order valence-electron chi connectivity index (χ1n) is 3.64. The number of hydrogen-bond acceptors (Lipinski definition) is 2. The summed E-state index contributed by atoms with van der Waals surface area (Å²) in [6.07, 6.45) is 0. The molecule has 1 N–H and O–H groups in total. The Labute approximate surface area is 70.6 Å². The van der Waals surface area contributed by atoms with Crippen LogP contribution < -0.4 is 4.74 Å². The molecule has 0 aromatic heterocycles. The van der Waals surface area contributed by atoms with Crippen molar-refractivity contribution >= 4 is 0 Å². The minimum atomic E-state index is -0.872. The minimum Gasteiger partial charge on any atom is -0.507 e. The summed E-state index contributed by atoms with van der Waals surface area (Å²) in [5, 5.41) is 9.41. The van der Waals surface area contributed by atoms with E-state index < -0.39 is 6.86 Å². The number of phenols is 1. The van der Waals surface area contributed by atoms with Crippen LogP contribution in [0, 0.1) is 13.8 Å². The summed E-state index contributed by atoms with van der Waals surface area (Å²) in [4.78, 5) is 0. The molecule has 12 heavy (non-hydrogen) atoms. The highest BCUT2D eigenvalue weighted by molar-refractivity contribution is 5.47. The molecule has 2 nitrogen and oxygen atoms in total. The van der Waals surface area contributed by atoms with Crippen LogP contribution in [0.5, 0.6) is 11.5 Å². The van der Waals surface area contributed by atoms with E-state index in [9.17, 15) is 9.50 Å². The van der Waals surface area contributed by atoms with Crippen molar-refractivity contribution in [1.29, 1.82) is 0 Å². The van der Waals surface area contributed by atoms with E-state index in [0.717, 1.165) is 5.56 Å². The Balaban J connectivity index is 3.08. The van der Waals surface area contributed by atoms with Gasteiger partial charge in [-0.3, -0.25) is 0 Å². The Morgan fingerprint density at radius 2 is 2.08 bits per heavy atom. The van der Waals surface area contributed by atoms with Gasteiger partial charge in [0.05, 0.1) is 0 Å². The van der Waals surface area contributed by atoms with E-state index in [4.69, 9.17) is 0 Å². The van der Waals surface area contributed by atoms with Crippen LogP contribution in [0.2, 0.25) is 0 Å². The van der Waals surface area contributed by atoms with Crippen LogP contribution in [0.4, 0.5) is 4.39 Å². The van der Waals surface area contributed by atoms with Crippen LogP contribution in [0.15, 0.2) is 12.1 Å². The lowest BCUT2D eigenvalue weighted by Gasteiger charge is -2.08. The topological polar surface area (TPSA) is 29.5 Å². The Hall–Kier alpha value is -1.25. The Bertz CT molecular complexity index is 284. The molecule has 0 spiro atoms. The summed E-state index contributed by atoms with van der Waals surface area (Å²) in [5.41, 5.74) is 1.34. The predicted octanol–water partition coefficient (Wildman–Crippen LogP) is 2.31. The number of aromatic hydroxyl groups is 1. The predicted molar refractivity (Wildman–Crippen MR) is 44.2 cm³/mol. The fourth-order valence-electron chi connectivity index (χ4n) is 1.03. The zero-order chi connectivity index (χ0) is 9.14. The lowest BCUT2D eigenvalue weighted by Crippen LogP contribution is -1.93. The average Bonchev–Trinajstić information content (AvgIpc) is 2.07. The second-order valence-electron chi connectivity index (χ2n) is 2.61. The molecule has 0 fully saturated rings. The number of rotatable bonds is 2. The van der Waals surface area contributed by atoms with E-state index in [1.807, 2.05) is 0 Å². The number of phenolic OH excluding ortho intramolecular Hbond substituents is 1. The number of hydrogen-bond donors (Lipinski definition) is 1. The third kappa shape index (κ3) is 1.49. The normalized spacial score (nSPS) is 9.92. The Kier molecular flexibility index (Phi) is 2.53. The SMILES string of the molecule is Cc1ccc(OCF)c(C)c1O. The van der Waals surface area contributed by atoms with Crippen molar-refractivity contribution in [1.82, 2.24) is 0 Å². The monoisotopic (exact) mass is 170 g/mol. The quantitative estimate of drug-likeness (QED) is 0.738. The van der Waals surface area contributed by atoms with Gasteiger partial charge in [0.25, 0.3) is 0 Å². The van der Waals surface area contributed by atoms with Gasteiger partial charge in [-0.25, -0.2) is 4.39 Å². The summed E-state index contributed by atoms with van der Waals surface area (Å²) in [6, 6.07) is 3.33. The molecule has 0 aliphatic carbocycles. The Morgan fingerprint density at radius 1 is 1.42 bits per heavy atom. The van der Waals surface area contributed by atoms with Crippen LogP contribution >= 0.6 is 0 Å². The van der Waals surface area contributed by atoms with Gasteiger partial charge in [0.1, 0.15) is 11.5 Å². The Morgan fingerprint density at radius 3 is 2.67 bits per heavy atom. The molecule has 0 atom stereocenters. The zero-order valence-electron chi connectivity index (χ0n) is 7.10. The number of benzene rings is 1. The molecule has 0 radical (unpaired) electrons.